The van der Waals surface area contributed by atoms with E-state index in [9.17, 15) is 0 Å². The van der Waals surface area contributed by atoms with Gasteiger partial charge >= 0.3 is 0 Å². The second kappa shape index (κ2) is 5.77. The molecular formula is C13H14BrN3. The normalized spacial score (nSPS) is 10.2. The van der Waals surface area contributed by atoms with E-state index in [1.807, 2.05) is 24.3 Å². The summed E-state index contributed by atoms with van der Waals surface area (Å²) in [5.41, 5.74) is 1.20. The zero-order valence-electron chi connectivity index (χ0n) is 9.65. The summed E-state index contributed by atoms with van der Waals surface area (Å²) in [6.07, 6.45) is 2.53. The maximum absolute atomic E-state index is 4.46. The number of rotatable bonds is 4. The summed E-state index contributed by atoms with van der Waals surface area (Å²) >= 11 is 3.53. The number of anilines is 1. The number of nitrogens with one attached hydrogen (secondary N) is 1. The molecule has 0 bridgehead atoms. The molecule has 0 saturated carbocycles. The van der Waals surface area contributed by atoms with Crippen molar-refractivity contribution in [2.24, 2.45) is 0 Å². The highest BCUT2D eigenvalue weighted by Gasteiger charge is 2.03. The van der Waals surface area contributed by atoms with E-state index in [0.29, 0.717) is 0 Å². The van der Waals surface area contributed by atoms with Crippen molar-refractivity contribution < 1.29 is 0 Å². The number of hydrogen-bond donors (Lipinski definition) is 1. The van der Waals surface area contributed by atoms with Crippen molar-refractivity contribution in [3.8, 4) is 0 Å². The Morgan fingerprint density at radius 1 is 1.24 bits per heavy atom. The molecule has 0 saturated heterocycles. The molecule has 17 heavy (non-hydrogen) atoms. The lowest BCUT2D eigenvalue weighted by Gasteiger charge is -2.06. The highest BCUT2D eigenvalue weighted by Crippen LogP contribution is 2.18. The van der Waals surface area contributed by atoms with Gasteiger partial charge in [-0.2, -0.15) is 0 Å². The van der Waals surface area contributed by atoms with Crippen molar-refractivity contribution >= 4 is 21.7 Å². The van der Waals surface area contributed by atoms with Crippen LogP contribution in [0.1, 0.15) is 18.3 Å². The highest BCUT2D eigenvalue weighted by atomic mass is 79.9. The Hall–Kier alpha value is -1.42. The van der Waals surface area contributed by atoms with Crippen LogP contribution in [0.25, 0.3) is 0 Å². The molecule has 1 N–H and O–H groups in total. The smallest absolute Gasteiger partial charge is 0.135 e. The van der Waals surface area contributed by atoms with Crippen LogP contribution < -0.4 is 5.32 Å². The van der Waals surface area contributed by atoms with E-state index in [2.05, 4.69) is 44.2 Å². The fourth-order valence-corrected chi connectivity index (χ4v) is 2.00. The van der Waals surface area contributed by atoms with Crippen LogP contribution in [0.15, 0.2) is 41.0 Å². The number of halogens is 1. The monoisotopic (exact) mass is 291 g/mol. The summed E-state index contributed by atoms with van der Waals surface area (Å²) in [5, 5.41) is 3.19. The minimum atomic E-state index is 0.737. The molecule has 88 valence electrons. The first-order valence-corrected chi connectivity index (χ1v) is 6.38. The third-order valence-electron chi connectivity index (χ3n) is 2.37. The number of hydrogen-bond acceptors (Lipinski definition) is 3. The average Bonchev–Trinajstić information content (AvgIpc) is 2.33. The number of nitrogens with zero attached hydrogens (tertiary/aromatic N) is 2. The van der Waals surface area contributed by atoms with Crippen molar-refractivity contribution in [2.45, 2.75) is 13.3 Å². The highest BCUT2D eigenvalue weighted by molar-refractivity contribution is 9.10. The lowest BCUT2D eigenvalue weighted by Crippen LogP contribution is -2.03. The van der Waals surface area contributed by atoms with Gasteiger partial charge in [-0.3, -0.25) is 0 Å². The van der Waals surface area contributed by atoms with Gasteiger partial charge in [0.25, 0.3) is 0 Å². The summed E-state index contributed by atoms with van der Waals surface area (Å²) in [4.78, 5) is 8.74. The molecule has 0 fully saturated rings. The summed E-state index contributed by atoms with van der Waals surface area (Å²) in [5.74, 6) is 1.71. The maximum atomic E-state index is 4.46. The van der Waals surface area contributed by atoms with E-state index >= 15 is 0 Å². The quantitative estimate of drug-likeness (QED) is 0.940. The first kappa shape index (κ1) is 12.0. The SMILES string of the molecule is CCNc1ccnc(Cc2ccccc2Br)n1. The van der Waals surface area contributed by atoms with Crippen LogP contribution in [-0.2, 0) is 6.42 Å². The van der Waals surface area contributed by atoms with E-state index in [-0.39, 0.29) is 0 Å². The Labute approximate surface area is 109 Å². The third-order valence-corrected chi connectivity index (χ3v) is 3.14. The molecule has 2 rings (SSSR count). The van der Waals surface area contributed by atoms with Gasteiger partial charge in [-0.15, -0.1) is 0 Å². The standard InChI is InChI=1S/C13H14BrN3/c1-2-15-12-7-8-16-13(17-12)9-10-5-3-4-6-11(10)14/h3-8H,2,9H2,1H3,(H,15,16,17). The molecule has 2 aromatic rings. The van der Waals surface area contributed by atoms with Crippen LogP contribution in [0.4, 0.5) is 5.82 Å². The molecule has 0 aliphatic heterocycles. The molecule has 4 heteroatoms. The van der Waals surface area contributed by atoms with Gasteiger partial charge in [0, 0.05) is 23.6 Å². The van der Waals surface area contributed by atoms with E-state index in [1.54, 1.807) is 6.20 Å². The molecule has 0 unspecified atom stereocenters. The lowest BCUT2D eigenvalue weighted by atomic mass is 10.1. The number of benzene rings is 1. The second-order valence-corrected chi connectivity index (χ2v) is 4.51. The molecule has 0 amide bonds. The fraction of sp³-hybridized carbons (Fsp3) is 0.231. The molecule has 0 aliphatic rings. The van der Waals surface area contributed by atoms with Crippen LogP contribution >= 0.6 is 15.9 Å². The van der Waals surface area contributed by atoms with Gasteiger partial charge in [0.2, 0.25) is 0 Å². The molecule has 1 heterocycles. The van der Waals surface area contributed by atoms with Gasteiger partial charge in [-0.05, 0) is 24.6 Å². The second-order valence-electron chi connectivity index (χ2n) is 3.66. The van der Waals surface area contributed by atoms with E-state index in [0.717, 1.165) is 29.1 Å². The van der Waals surface area contributed by atoms with Crippen molar-refractivity contribution in [1.29, 1.82) is 0 Å². The first-order valence-electron chi connectivity index (χ1n) is 5.59. The van der Waals surface area contributed by atoms with Crippen LogP contribution in [0.3, 0.4) is 0 Å². The summed E-state index contributed by atoms with van der Waals surface area (Å²) < 4.78 is 1.09. The Balaban J connectivity index is 2.18. The lowest BCUT2D eigenvalue weighted by molar-refractivity contribution is 0.959. The molecular weight excluding hydrogens is 278 g/mol. The fourth-order valence-electron chi connectivity index (χ4n) is 1.58. The number of aromatic nitrogens is 2. The van der Waals surface area contributed by atoms with Crippen LogP contribution in [0, 0.1) is 0 Å². The predicted molar refractivity (Wildman–Crippen MR) is 73.1 cm³/mol. The van der Waals surface area contributed by atoms with E-state index < -0.39 is 0 Å². The maximum Gasteiger partial charge on any atom is 0.135 e. The predicted octanol–water partition coefficient (Wildman–Crippen LogP) is 3.26. The van der Waals surface area contributed by atoms with Gasteiger partial charge in [-0.25, -0.2) is 9.97 Å². The molecule has 1 aromatic heterocycles. The summed E-state index contributed by atoms with van der Waals surface area (Å²) in [6.45, 7) is 2.92. The largest absolute Gasteiger partial charge is 0.370 e. The van der Waals surface area contributed by atoms with E-state index in [4.69, 9.17) is 0 Å². The average molecular weight is 292 g/mol. The Morgan fingerprint density at radius 3 is 2.82 bits per heavy atom. The van der Waals surface area contributed by atoms with Gasteiger partial charge in [0.15, 0.2) is 0 Å². The molecule has 1 aromatic carbocycles. The zero-order valence-corrected chi connectivity index (χ0v) is 11.2. The summed E-state index contributed by atoms with van der Waals surface area (Å²) in [6, 6.07) is 10.0. The zero-order chi connectivity index (χ0) is 12.1. The minimum Gasteiger partial charge on any atom is -0.370 e. The Morgan fingerprint density at radius 2 is 2.06 bits per heavy atom. The first-order chi connectivity index (χ1) is 8.29. The van der Waals surface area contributed by atoms with Crippen molar-refractivity contribution in [3.05, 3.63) is 52.4 Å². The van der Waals surface area contributed by atoms with Gasteiger partial charge in [0.1, 0.15) is 11.6 Å². The molecule has 0 spiro atoms. The summed E-state index contributed by atoms with van der Waals surface area (Å²) in [7, 11) is 0. The molecule has 3 nitrogen and oxygen atoms in total. The van der Waals surface area contributed by atoms with E-state index in [1.165, 1.54) is 5.56 Å². The topological polar surface area (TPSA) is 37.8 Å². The van der Waals surface area contributed by atoms with Crippen molar-refractivity contribution in [3.63, 3.8) is 0 Å². The van der Waals surface area contributed by atoms with Crippen LogP contribution in [0.5, 0.6) is 0 Å². The minimum absolute atomic E-state index is 0.737. The van der Waals surface area contributed by atoms with Gasteiger partial charge in [-0.1, -0.05) is 34.1 Å². The van der Waals surface area contributed by atoms with Crippen LogP contribution in [0.2, 0.25) is 0 Å². The van der Waals surface area contributed by atoms with Gasteiger partial charge < -0.3 is 5.32 Å². The molecule has 0 radical (unpaired) electrons. The Kier molecular flexibility index (Phi) is 4.09. The van der Waals surface area contributed by atoms with Crippen molar-refractivity contribution in [2.75, 3.05) is 11.9 Å². The Bertz CT molecular complexity index is 500. The van der Waals surface area contributed by atoms with Gasteiger partial charge in [0.05, 0.1) is 0 Å². The molecule has 0 atom stereocenters. The van der Waals surface area contributed by atoms with Crippen LogP contribution in [-0.4, -0.2) is 16.5 Å². The van der Waals surface area contributed by atoms with Crippen molar-refractivity contribution in [1.82, 2.24) is 9.97 Å². The molecule has 0 aliphatic carbocycles. The third kappa shape index (κ3) is 3.27.